The van der Waals surface area contributed by atoms with Crippen molar-refractivity contribution in [2.45, 2.75) is 78.1 Å². The predicted molar refractivity (Wildman–Crippen MR) is 136 cm³/mol. The molecule has 0 spiro atoms. The summed E-state index contributed by atoms with van der Waals surface area (Å²) in [4.78, 5) is 12.0. The molecular formula is C28H30Br2O. The quantitative estimate of drug-likeness (QED) is 0.330. The molecule has 0 saturated heterocycles. The van der Waals surface area contributed by atoms with Gasteiger partial charge in [0.2, 0.25) is 0 Å². The molecule has 0 radical (unpaired) electrons. The number of hydrogen-bond donors (Lipinski definition) is 0. The van der Waals surface area contributed by atoms with Gasteiger partial charge in [-0.25, -0.2) is 0 Å². The average Bonchev–Trinajstić information content (AvgIpc) is 3.28. The lowest BCUT2D eigenvalue weighted by Crippen LogP contribution is -2.08. The Morgan fingerprint density at radius 1 is 0.774 bits per heavy atom. The highest BCUT2D eigenvalue weighted by atomic mass is 79.9. The summed E-state index contributed by atoms with van der Waals surface area (Å²) in [6.07, 6.45) is 14.7. The lowest BCUT2D eigenvalue weighted by molar-refractivity contribution is 0.0946. The number of carbonyl (C=O) groups excluding carboxylic acids is 1. The standard InChI is InChI=1S/C14H15BrO.C14H15Br/c1-8-6-11-9-4-2-3-5-10(9)13(15)7-12(11)14(8)16;1-9-6-10-8-14(15)12-5-3-2-4-11(12)13(10)7-9/h7-8H,2-6H2,1H3;6,8H,2-5,7H2,1H3. The SMILES string of the molecule is CC1=Cc2cc(Br)c3c(c2C1)CCCC3.CC1Cc2c(cc(Br)c3c2CCCC3)C1=O. The molecule has 1 unspecified atom stereocenters. The van der Waals surface area contributed by atoms with Gasteiger partial charge in [-0.1, -0.05) is 50.4 Å². The maximum Gasteiger partial charge on any atom is 0.166 e. The molecule has 0 fully saturated rings. The molecule has 1 atom stereocenters. The number of benzene rings is 2. The maximum atomic E-state index is 12.0. The zero-order chi connectivity index (χ0) is 21.7. The molecule has 2 aromatic carbocycles. The third-order valence-electron chi connectivity index (χ3n) is 7.55. The Morgan fingerprint density at radius 3 is 1.97 bits per heavy atom. The van der Waals surface area contributed by atoms with Crippen LogP contribution in [0.25, 0.3) is 6.08 Å². The lowest BCUT2D eigenvalue weighted by atomic mass is 9.86. The van der Waals surface area contributed by atoms with Crippen molar-refractivity contribution >= 4 is 43.7 Å². The number of halogens is 2. The van der Waals surface area contributed by atoms with Crippen LogP contribution in [-0.4, -0.2) is 5.78 Å². The number of fused-ring (bicyclic) bond motifs is 6. The van der Waals surface area contributed by atoms with E-state index in [0.29, 0.717) is 5.78 Å². The van der Waals surface area contributed by atoms with E-state index in [-0.39, 0.29) is 5.92 Å². The summed E-state index contributed by atoms with van der Waals surface area (Å²) < 4.78 is 2.49. The molecule has 0 saturated carbocycles. The molecule has 0 aromatic heterocycles. The Kier molecular flexibility index (Phi) is 6.03. The van der Waals surface area contributed by atoms with Crippen LogP contribution in [0.4, 0.5) is 0 Å². The second-order valence-corrected chi connectivity index (χ2v) is 11.5. The summed E-state index contributed by atoms with van der Waals surface area (Å²) in [6, 6.07) is 4.38. The summed E-state index contributed by atoms with van der Waals surface area (Å²) in [6.45, 7) is 4.29. The zero-order valence-electron chi connectivity index (χ0n) is 18.5. The van der Waals surface area contributed by atoms with Gasteiger partial charge >= 0.3 is 0 Å². The van der Waals surface area contributed by atoms with Gasteiger partial charge in [-0.2, -0.15) is 0 Å². The Labute approximate surface area is 203 Å². The molecule has 3 heteroatoms. The second-order valence-electron chi connectivity index (χ2n) is 9.78. The first-order valence-corrected chi connectivity index (χ1v) is 13.4. The minimum Gasteiger partial charge on any atom is -0.294 e. The number of rotatable bonds is 0. The summed E-state index contributed by atoms with van der Waals surface area (Å²) in [5.41, 5.74) is 13.1. The molecule has 4 aliphatic carbocycles. The van der Waals surface area contributed by atoms with Crippen molar-refractivity contribution in [3.63, 3.8) is 0 Å². The fourth-order valence-electron chi connectivity index (χ4n) is 6.00. The van der Waals surface area contributed by atoms with Gasteiger partial charge in [0.05, 0.1) is 0 Å². The highest BCUT2D eigenvalue weighted by molar-refractivity contribution is 9.10. The van der Waals surface area contributed by atoms with E-state index < -0.39 is 0 Å². The number of ketones is 1. The van der Waals surface area contributed by atoms with Gasteiger partial charge in [0, 0.05) is 20.4 Å². The summed E-state index contributed by atoms with van der Waals surface area (Å²) in [5.74, 6) is 0.527. The maximum absolute atomic E-state index is 12.0. The molecule has 0 amide bonds. The van der Waals surface area contributed by atoms with E-state index in [4.69, 9.17) is 0 Å². The van der Waals surface area contributed by atoms with Crippen LogP contribution in [0.5, 0.6) is 0 Å². The molecule has 0 N–H and O–H groups in total. The van der Waals surface area contributed by atoms with Crippen molar-refractivity contribution in [2.75, 3.05) is 0 Å². The van der Waals surface area contributed by atoms with E-state index in [1.54, 1.807) is 16.7 Å². The third-order valence-corrected chi connectivity index (χ3v) is 8.96. The van der Waals surface area contributed by atoms with E-state index in [1.807, 2.05) is 6.92 Å². The molecule has 2 aromatic rings. The van der Waals surface area contributed by atoms with Crippen LogP contribution in [0.2, 0.25) is 0 Å². The van der Waals surface area contributed by atoms with E-state index >= 15 is 0 Å². The van der Waals surface area contributed by atoms with E-state index in [2.05, 4.69) is 57.0 Å². The summed E-state index contributed by atoms with van der Waals surface area (Å²) in [5, 5.41) is 0. The Balaban J connectivity index is 0.000000132. The monoisotopic (exact) mass is 540 g/mol. The van der Waals surface area contributed by atoms with Crippen LogP contribution in [0, 0.1) is 5.92 Å². The van der Waals surface area contributed by atoms with Crippen molar-refractivity contribution in [3.8, 4) is 0 Å². The van der Waals surface area contributed by atoms with E-state index in [9.17, 15) is 4.79 Å². The first-order chi connectivity index (χ1) is 14.9. The molecule has 0 aliphatic heterocycles. The van der Waals surface area contributed by atoms with Crippen molar-refractivity contribution in [1.82, 2.24) is 0 Å². The minimum atomic E-state index is 0.190. The van der Waals surface area contributed by atoms with Gasteiger partial charge < -0.3 is 0 Å². The lowest BCUT2D eigenvalue weighted by Gasteiger charge is -2.21. The average molecular weight is 542 g/mol. The van der Waals surface area contributed by atoms with Crippen LogP contribution in [0.15, 0.2) is 26.7 Å². The normalized spacial score (nSPS) is 20.8. The number of allylic oxidation sites excluding steroid dienone is 1. The van der Waals surface area contributed by atoms with Crippen LogP contribution in [0.1, 0.15) is 88.8 Å². The molecule has 0 heterocycles. The van der Waals surface area contributed by atoms with Crippen LogP contribution in [-0.2, 0) is 38.5 Å². The fourth-order valence-corrected chi connectivity index (χ4v) is 7.35. The van der Waals surface area contributed by atoms with Gasteiger partial charge in [-0.15, -0.1) is 0 Å². The minimum absolute atomic E-state index is 0.190. The van der Waals surface area contributed by atoms with Crippen molar-refractivity contribution in [3.05, 3.63) is 71.2 Å². The number of hydrogen-bond acceptors (Lipinski definition) is 1. The third kappa shape index (κ3) is 3.91. The van der Waals surface area contributed by atoms with Crippen LogP contribution >= 0.6 is 31.9 Å². The van der Waals surface area contributed by atoms with Gasteiger partial charge in [-0.3, -0.25) is 4.79 Å². The molecule has 4 aliphatic rings. The second kappa shape index (κ2) is 8.63. The Morgan fingerprint density at radius 2 is 1.32 bits per heavy atom. The predicted octanol–water partition coefficient (Wildman–Crippen LogP) is 7.99. The molecule has 162 valence electrons. The molecule has 6 rings (SSSR count). The first-order valence-electron chi connectivity index (χ1n) is 11.8. The number of Topliss-reactive ketones (excluding diaryl/α,β-unsaturated/α-hetero) is 1. The number of carbonyl (C=O) groups is 1. The van der Waals surface area contributed by atoms with Gasteiger partial charge in [0.1, 0.15) is 0 Å². The highest BCUT2D eigenvalue weighted by Crippen LogP contribution is 2.39. The first kappa shape index (κ1) is 21.6. The van der Waals surface area contributed by atoms with Crippen LogP contribution < -0.4 is 0 Å². The summed E-state index contributed by atoms with van der Waals surface area (Å²) >= 11 is 7.36. The molecule has 1 nitrogen and oxygen atoms in total. The van der Waals surface area contributed by atoms with Crippen molar-refractivity contribution < 1.29 is 4.79 Å². The highest BCUT2D eigenvalue weighted by Gasteiger charge is 2.31. The molecule has 0 bridgehead atoms. The Bertz CT molecular complexity index is 1110. The van der Waals surface area contributed by atoms with Crippen LogP contribution in [0.3, 0.4) is 0 Å². The summed E-state index contributed by atoms with van der Waals surface area (Å²) in [7, 11) is 0. The molecular weight excluding hydrogens is 512 g/mol. The van der Waals surface area contributed by atoms with E-state index in [1.165, 1.54) is 83.7 Å². The topological polar surface area (TPSA) is 17.1 Å². The van der Waals surface area contributed by atoms with Gasteiger partial charge in [0.15, 0.2) is 5.78 Å². The smallest absolute Gasteiger partial charge is 0.166 e. The molecule has 31 heavy (non-hydrogen) atoms. The Hall–Kier alpha value is -1.19. The van der Waals surface area contributed by atoms with Gasteiger partial charge in [0.25, 0.3) is 0 Å². The van der Waals surface area contributed by atoms with Gasteiger partial charge in [-0.05, 0) is 122 Å². The largest absolute Gasteiger partial charge is 0.294 e. The van der Waals surface area contributed by atoms with E-state index in [0.717, 1.165) is 22.9 Å². The fraction of sp³-hybridized carbons (Fsp3) is 0.464. The zero-order valence-corrected chi connectivity index (χ0v) is 21.7. The van der Waals surface area contributed by atoms with Crippen molar-refractivity contribution in [1.29, 1.82) is 0 Å². The van der Waals surface area contributed by atoms with Crippen molar-refractivity contribution in [2.24, 2.45) is 5.92 Å².